The van der Waals surface area contributed by atoms with Crippen molar-refractivity contribution < 1.29 is 9.21 Å². The van der Waals surface area contributed by atoms with E-state index in [4.69, 9.17) is 16.0 Å². The standard InChI is InChI=1S/C13H7BrClNO2/c14-9-3-1-2-8(6-9)11(7-16)12(17)10-4-5-18-13(10)15/h1-6,11H. The minimum Gasteiger partial charge on any atom is -0.452 e. The molecule has 0 fully saturated rings. The van der Waals surface area contributed by atoms with Gasteiger partial charge in [-0.2, -0.15) is 5.26 Å². The van der Waals surface area contributed by atoms with Crippen LogP contribution < -0.4 is 0 Å². The molecule has 2 aromatic rings. The number of nitriles is 1. The van der Waals surface area contributed by atoms with Crippen molar-refractivity contribution in [1.29, 1.82) is 5.26 Å². The van der Waals surface area contributed by atoms with Crippen molar-refractivity contribution in [2.45, 2.75) is 5.92 Å². The van der Waals surface area contributed by atoms with E-state index in [-0.39, 0.29) is 16.6 Å². The van der Waals surface area contributed by atoms with Gasteiger partial charge in [-0.1, -0.05) is 28.1 Å². The van der Waals surface area contributed by atoms with E-state index in [1.165, 1.54) is 12.3 Å². The fourth-order valence-electron chi connectivity index (χ4n) is 1.60. The lowest BCUT2D eigenvalue weighted by atomic mass is 9.93. The maximum Gasteiger partial charge on any atom is 0.203 e. The van der Waals surface area contributed by atoms with E-state index in [1.807, 2.05) is 12.1 Å². The van der Waals surface area contributed by atoms with Crippen LogP contribution in [-0.2, 0) is 0 Å². The van der Waals surface area contributed by atoms with Crippen LogP contribution in [0, 0.1) is 11.3 Å². The molecule has 0 radical (unpaired) electrons. The Morgan fingerprint density at radius 2 is 2.22 bits per heavy atom. The average Bonchev–Trinajstić information content (AvgIpc) is 2.76. The Balaban J connectivity index is 2.39. The highest BCUT2D eigenvalue weighted by Crippen LogP contribution is 2.27. The SMILES string of the molecule is N#CC(C(=O)c1ccoc1Cl)c1cccc(Br)c1. The van der Waals surface area contributed by atoms with Crippen LogP contribution in [-0.4, -0.2) is 5.78 Å². The van der Waals surface area contributed by atoms with Gasteiger partial charge in [-0.3, -0.25) is 4.79 Å². The molecule has 90 valence electrons. The van der Waals surface area contributed by atoms with Crippen molar-refractivity contribution in [2.24, 2.45) is 0 Å². The Morgan fingerprint density at radius 1 is 1.44 bits per heavy atom. The lowest BCUT2D eigenvalue weighted by molar-refractivity contribution is 0.0978. The Morgan fingerprint density at radius 3 is 2.78 bits per heavy atom. The highest BCUT2D eigenvalue weighted by Gasteiger charge is 2.25. The maximum absolute atomic E-state index is 12.2. The second kappa shape index (κ2) is 5.38. The molecular weight excluding hydrogens is 318 g/mol. The van der Waals surface area contributed by atoms with E-state index in [0.29, 0.717) is 5.56 Å². The van der Waals surface area contributed by atoms with Crippen LogP contribution in [0.4, 0.5) is 0 Å². The summed E-state index contributed by atoms with van der Waals surface area (Å²) in [7, 11) is 0. The molecule has 1 aromatic heterocycles. The summed E-state index contributed by atoms with van der Waals surface area (Å²) in [5.74, 6) is -1.26. The third kappa shape index (κ3) is 2.47. The Labute approximate surface area is 117 Å². The Kier molecular flexibility index (Phi) is 3.85. The first-order valence-corrected chi connectivity index (χ1v) is 6.23. The average molecular weight is 325 g/mol. The molecule has 0 amide bonds. The van der Waals surface area contributed by atoms with Gasteiger partial charge in [-0.05, 0) is 35.4 Å². The fraction of sp³-hybridized carbons (Fsp3) is 0.0769. The lowest BCUT2D eigenvalue weighted by Crippen LogP contribution is -2.10. The van der Waals surface area contributed by atoms with Crippen LogP contribution in [0.15, 0.2) is 45.5 Å². The number of Topliss-reactive ketones (excluding diaryl/α,β-unsaturated/α-hetero) is 1. The summed E-state index contributed by atoms with van der Waals surface area (Å²) in [6, 6.07) is 10.5. The first kappa shape index (κ1) is 12.9. The molecule has 0 N–H and O–H groups in total. The van der Waals surface area contributed by atoms with Crippen molar-refractivity contribution in [3.05, 3.63) is 57.4 Å². The van der Waals surface area contributed by atoms with Crippen LogP contribution in [0.3, 0.4) is 0 Å². The third-order valence-electron chi connectivity index (χ3n) is 2.46. The minimum absolute atomic E-state index is 0.00949. The van der Waals surface area contributed by atoms with Crippen LogP contribution in [0.5, 0.6) is 0 Å². The second-order valence-electron chi connectivity index (χ2n) is 3.59. The van der Waals surface area contributed by atoms with Crippen molar-refractivity contribution >= 4 is 33.3 Å². The first-order valence-electron chi connectivity index (χ1n) is 5.05. The molecule has 18 heavy (non-hydrogen) atoms. The zero-order chi connectivity index (χ0) is 13.1. The molecule has 3 nitrogen and oxygen atoms in total. The van der Waals surface area contributed by atoms with E-state index in [9.17, 15) is 10.1 Å². The molecule has 1 heterocycles. The van der Waals surface area contributed by atoms with Gasteiger partial charge in [0.25, 0.3) is 0 Å². The Bertz CT molecular complexity index is 630. The topological polar surface area (TPSA) is 54.0 Å². The monoisotopic (exact) mass is 323 g/mol. The molecule has 1 unspecified atom stereocenters. The molecule has 1 atom stereocenters. The number of carbonyl (C=O) groups excluding carboxylic acids is 1. The molecule has 0 aliphatic heterocycles. The Hall–Kier alpha value is -1.57. The minimum atomic E-state index is -0.891. The largest absolute Gasteiger partial charge is 0.452 e. The predicted molar refractivity (Wildman–Crippen MR) is 70.5 cm³/mol. The van der Waals surface area contributed by atoms with Gasteiger partial charge in [0.2, 0.25) is 5.22 Å². The summed E-state index contributed by atoms with van der Waals surface area (Å²) in [5, 5.41) is 9.18. The molecule has 2 rings (SSSR count). The highest BCUT2D eigenvalue weighted by atomic mass is 79.9. The van der Waals surface area contributed by atoms with E-state index in [1.54, 1.807) is 18.2 Å². The number of ketones is 1. The third-order valence-corrected chi connectivity index (χ3v) is 3.24. The fourth-order valence-corrected chi connectivity index (χ4v) is 2.22. The van der Waals surface area contributed by atoms with Crippen molar-refractivity contribution in [2.75, 3.05) is 0 Å². The lowest BCUT2D eigenvalue weighted by Gasteiger charge is -2.07. The molecule has 0 saturated heterocycles. The molecular formula is C13H7BrClNO2. The number of halogens is 2. The van der Waals surface area contributed by atoms with E-state index >= 15 is 0 Å². The van der Waals surface area contributed by atoms with Crippen LogP contribution in [0.25, 0.3) is 0 Å². The van der Waals surface area contributed by atoms with Crippen molar-refractivity contribution in [3.63, 3.8) is 0 Å². The smallest absolute Gasteiger partial charge is 0.203 e. The summed E-state index contributed by atoms with van der Waals surface area (Å²) < 4.78 is 5.68. The molecule has 1 aromatic carbocycles. The van der Waals surface area contributed by atoms with E-state index < -0.39 is 5.92 Å². The maximum atomic E-state index is 12.2. The molecule has 0 spiro atoms. The summed E-state index contributed by atoms with van der Waals surface area (Å²) in [6.07, 6.45) is 1.32. The normalized spacial score (nSPS) is 11.8. The predicted octanol–water partition coefficient (Wildman–Crippen LogP) is 4.19. The second-order valence-corrected chi connectivity index (χ2v) is 4.85. The molecule has 0 saturated carbocycles. The van der Waals surface area contributed by atoms with Gasteiger partial charge in [0.15, 0.2) is 5.78 Å². The first-order chi connectivity index (χ1) is 8.63. The number of furan rings is 1. The number of hydrogen-bond acceptors (Lipinski definition) is 3. The molecule has 5 heteroatoms. The van der Waals surface area contributed by atoms with Crippen molar-refractivity contribution in [1.82, 2.24) is 0 Å². The summed E-state index contributed by atoms with van der Waals surface area (Å²) >= 11 is 9.05. The van der Waals surface area contributed by atoms with E-state index in [0.717, 1.165) is 4.47 Å². The summed E-state index contributed by atoms with van der Waals surface area (Å²) in [4.78, 5) is 12.2. The summed E-state index contributed by atoms with van der Waals surface area (Å²) in [5.41, 5.74) is 0.845. The van der Waals surface area contributed by atoms with Gasteiger partial charge in [-0.25, -0.2) is 0 Å². The quantitative estimate of drug-likeness (QED) is 0.796. The van der Waals surface area contributed by atoms with Crippen LogP contribution in [0.1, 0.15) is 21.8 Å². The molecule has 0 bridgehead atoms. The van der Waals surface area contributed by atoms with Gasteiger partial charge in [0, 0.05) is 4.47 Å². The van der Waals surface area contributed by atoms with Crippen LogP contribution >= 0.6 is 27.5 Å². The van der Waals surface area contributed by atoms with Gasteiger partial charge >= 0.3 is 0 Å². The van der Waals surface area contributed by atoms with Crippen molar-refractivity contribution in [3.8, 4) is 6.07 Å². The molecule has 0 aliphatic rings. The van der Waals surface area contributed by atoms with Gasteiger partial charge < -0.3 is 4.42 Å². The number of nitrogens with zero attached hydrogens (tertiary/aromatic N) is 1. The zero-order valence-corrected chi connectivity index (χ0v) is 11.4. The van der Waals surface area contributed by atoms with Crippen LogP contribution in [0.2, 0.25) is 5.22 Å². The number of benzene rings is 1. The molecule has 0 aliphatic carbocycles. The zero-order valence-electron chi connectivity index (χ0n) is 9.06. The van der Waals surface area contributed by atoms with Gasteiger partial charge in [0.1, 0.15) is 5.92 Å². The van der Waals surface area contributed by atoms with E-state index in [2.05, 4.69) is 15.9 Å². The van der Waals surface area contributed by atoms with Gasteiger partial charge in [-0.15, -0.1) is 0 Å². The highest BCUT2D eigenvalue weighted by molar-refractivity contribution is 9.10. The number of hydrogen-bond donors (Lipinski definition) is 0. The number of rotatable bonds is 3. The van der Waals surface area contributed by atoms with Gasteiger partial charge in [0.05, 0.1) is 17.9 Å². The summed E-state index contributed by atoms with van der Waals surface area (Å²) in [6.45, 7) is 0. The number of carbonyl (C=O) groups is 1.